The molecule has 0 aromatic rings. The number of phosphoric acid groups is 1. The topological polar surface area (TPSA) is 149 Å². The average Bonchev–Trinajstić information content (AvgIpc) is 3.14. The van der Waals surface area contributed by atoms with Crippen LogP contribution in [0.25, 0.3) is 0 Å². The van der Waals surface area contributed by atoms with Crippen molar-refractivity contribution in [3.05, 3.63) is 72.9 Å². The third-order valence-electron chi connectivity index (χ3n) is 7.89. The fourth-order valence-corrected chi connectivity index (χ4v) is 5.63. The molecule has 0 bridgehead atoms. The maximum Gasteiger partial charge on any atom is 0.472 e. The molecule has 0 radical (unpaired) electrons. The van der Waals surface area contributed by atoms with Gasteiger partial charge in [0.05, 0.1) is 19.8 Å². The molecule has 0 aliphatic carbocycles. The Hall–Kier alpha value is -2.59. The molecule has 0 aromatic heterocycles. The lowest BCUT2D eigenvalue weighted by molar-refractivity contribution is -0.161. The van der Waals surface area contributed by atoms with E-state index in [1.165, 1.54) is 44.9 Å². The second-order valence-corrected chi connectivity index (χ2v) is 14.4. The molecule has 0 saturated heterocycles. The van der Waals surface area contributed by atoms with Crippen molar-refractivity contribution in [3.63, 3.8) is 0 Å². The monoisotopic (exact) mass is 766 g/mol. The molecule has 0 rings (SSSR count). The number of allylic oxidation sites excluding steroid dienone is 12. The van der Waals surface area contributed by atoms with Gasteiger partial charge in [0.25, 0.3) is 0 Å². The molecule has 3 atom stereocenters. The van der Waals surface area contributed by atoms with E-state index in [1.807, 2.05) is 12.2 Å². The largest absolute Gasteiger partial charge is 0.472 e. The lowest BCUT2D eigenvalue weighted by Gasteiger charge is -2.20. The molecule has 53 heavy (non-hydrogen) atoms. The van der Waals surface area contributed by atoms with Crippen LogP contribution in [0.5, 0.6) is 0 Å². The molecule has 1 unspecified atom stereocenters. The van der Waals surface area contributed by atoms with Gasteiger partial charge in [-0.25, -0.2) is 4.57 Å². The summed E-state index contributed by atoms with van der Waals surface area (Å²) >= 11 is 0. The van der Waals surface area contributed by atoms with Crippen molar-refractivity contribution in [2.45, 2.75) is 154 Å². The molecule has 0 saturated carbocycles. The molecule has 0 aliphatic rings. The van der Waals surface area contributed by atoms with E-state index in [0.29, 0.717) is 12.8 Å². The Balaban J connectivity index is 4.46. The van der Waals surface area contributed by atoms with Crippen LogP contribution >= 0.6 is 7.82 Å². The maximum absolute atomic E-state index is 12.5. The molecule has 10 nitrogen and oxygen atoms in total. The minimum absolute atomic E-state index is 0.114. The van der Waals surface area contributed by atoms with Gasteiger partial charge in [-0.15, -0.1) is 0 Å². The number of carbonyl (C=O) groups excluding carboxylic acids is 2. The Labute approximate surface area is 320 Å². The van der Waals surface area contributed by atoms with Gasteiger partial charge in [0.15, 0.2) is 6.10 Å². The number of phosphoric ester groups is 1. The lowest BCUT2D eigenvalue weighted by atomic mass is 10.1. The van der Waals surface area contributed by atoms with E-state index >= 15 is 0 Å². The van der Waals surface area contributed by atoms with Crippen LogP contribution in [-0.2, 0) is 32.7 Å². The summed E-state index contributed by atoms with van der Waals surface area (Å²) in [6.07, 6.45) is 41.7. The molecule has 0 aromatic carbocycles. The highest BCUT2D eigenvalue weighted by molar-refractivity contribution is 7.47. The summed E-state index contributed by atoms with van der Waals surface area (Å²) in [4.78, 5) is 34.8. The van der Waals surface area contributed by atoms with Gasteiger partial charge in [-0.05, 0) is 51.4 Å². The zero-order valence-electron chi connectivity index (χ0n) is 32.7. The first kappa shape index (κ1) is 50.4. The van der Waals surface area contributed by atoms with Crippen LogP contribution in [0.4, 0.5) is 0 Å². The molecular weight excluding hydrogens is 695 g/mol. The number of esters is 2. The molecule has 0 amide bonds. The Morgan fingerprint density at radius 1 is 0.585 bits per heavy atom. The van der Waals surface area contributed by atoms with Crippen LogP contribution in [-0.4, -0.2) is 65.7 Å². The standard InChI is InChI=1S/C42H71O10P/c1-3-5-7-9-11-13-15-16-17-18-19-20-21-22-24-25-27-29-31-33-41(45)49-37-40(38-51-53(47,48)50-36-39(44)35-43)52-42(46)34-32-30-28-26-23-14-12-10-8-6-4-2/h5,7,11,13,16-17,19-20,22,24,27,29,39-40,43-44H,3-4,6,8-10,12,14-15,18,21,23,25-26,28,30-38H2,1-2H3,(H,47,48)/b7-5-,13-11-,17-16-,20-19-,24-22-,29-27-/t39-,40+/m0/s1. The van der Waals surface area contributed by atoms with Gasteiger partial charge in [-0.2, -0.15) is 0 Å². The Morgan fingerprint density at radius 2 is 1.04 bits per heavy atom. The fraction of sp³-hybridized carbons (Fsp3) is 0.667. The molecule has 0 fully saturated rings. The SMILES string of the molecule is CC/C=C\C/C=C\C/C=C\C/C=C\C/C=C\C/C=C\CCC(=O)OC[C@H](COP(=O)(O)OC[C@@H](O)CO)OC(=O)CCCCCCCCCCCCC. The summed E-state index contributed by atoms with van der Waals surface area (Å²) in [7, 11) is -4.63. The Morgan fingerprint density at radius 3 is 1.53 bits per heavy atom. The number of hydrogen-bond acceptors (Lipinski definition) is 9. The number of aliphatic hydroxyl groups excluding tert-OH is 2. The minimum atomic E-state index is -4.63. The average molecular weight is 767 g/mol. The lowest BCUT2D eigenvalue weighted by Crippen LogP contribution is -2.29. The van der Waals surface area contributed by atoms with Crippen molar-refractivity contribution in [1.82, 2.24) is 0 Å². The van der Waals surface area contributed by atoms with E-state index in [-0.39, 0.29) is 19.4 Å². The van der Waals surface area contributed by atoms with E-state index in [1.54, 1.807) is 0 Å². The van der Waals surface area contributed by atoms with Crippen molar-refractivity contribution in [2.24, 2.45) is 0 Å². The van der Waals surface area contributed by atoms with Crippen molar-refractivity contribution < 1.29 is 47.8 Å². The van der Waals surface area contributed by atoms with E-state index < -0.39 is 51.8 Å². The van der Waals surface area contributed by atoms with Gasteiger partial charge in [-0.1, -0.05) is 151 Å². The zero-order valence-corrected chi connectivity index (χ0v) is 33.6. The van der Waals surface area contributed by atoms with Crippen LogP contribution in [0.15, 0.2) is 72.9 Å². The maximum atomic E-state index is 12.5. The molecule has 304 valence electrons. The van der Waals surface area contributed by atoms with Gasteiger partial charge in [0.2, 0.25) is 0 Å². The quantitative estimate of drug-likeness (QED) is 0.0243. The number of carbonyl (C=O) groups is 2. The van der Waals surface area contributed by atoms with Crippen molar-refractivity contribution in [3.8, 4) is 0 Å². The molecular formula is C42H71O10P. The smallest absolute Gasteiger partial charge is 0.462 e. The van der Waals surface area contributed by atoms with Gasteiger partial charge in [0, 0.05) is 12.8 Å². The van der Waals surface area contributed by atoms with Crippen LogP contribution in [0, 0.1) is 0 Å². The van der Waals surface area contributed by atoms with E-state index in [0.717, 1.165) is 57.8 Å². The van der Waals surface area contributed by atoms with Crippen LogP contribution in [0.1, 0.15) is 142 Å². The van der Waals surface area contributed by atoms with E-state index in [9.17, 15) is 24.2 Å². The van der Waals surface area contributed by atoms with Crippen molar-refractivity contribution in [1.29, 1.82) is 0 Å². The summed E-state index contributed by atoms with van der Waals surface area (Å²) in [6, 6.07) is 0. The summed E-state index contributed by atoms with van der Waals surface area (Å²) < 4.78 is 32.5. The number of hydrogen-bond donors (Lipinski definition) is 3. The highest BCUT2D eigenvalue weighted by Crippen LogP contribution is 2.43. The molecule has 0 spiro atoms. The van der Waals surface area contributed by atoms with E-state index in [4.69, 9.17) is 19.1 Å². The highest BCUT2D eigenvalue weighted by Gasteiger charge is 2.27. The second-order valence-electron chi connectivity index (χ2n) is 12.9. The second kappa shape index (κ2) is 37.7. The first-order valence-electron chi connectivity index (χ1n) is 19.9. The molecule has 3 N–H and O–H groups in total. The molecule has 11 heteroatoms. The van der Waals surface area contributed by atoms with Crippen molar-refractivity contribution >= 4 is 19.8 Å². The predicted molar refractivity (Wildman–Crippen MR) is 214 cm³/mol. The minimum Gasteiger partial charge on any atom is -0.462 e. The number of rotatable bonds is 36. The summed E-state index contributed by atoms with van der Waals surface area (Å²) in [5.74, 6) is -1.03. The Kier molecular flexibility index (Phi) is 35.9. The predicted octanol–water partition coefficient (Wildman–Crippen LogP) is 10.1. The van der Waals surface area contributed by atoms with Crippen molar-refractivity contribution in [2.75, 3.05) is 26.4 Å². The van der Waals surface area contributed by atoms with Crippen LogP contribution in [0.2, 0.25) is 0 Å². The fourth-order valence-electron chi connectivity index (χ4n) is 4.84. The normalized spacial score (nSPS) is 14.7. The third-order valence-corrected chi connectivity index (χ3v) is 8.84. The summed E-state index contributed by atoms with van der Waals surface area (Å²) in [5.41, 5.74) is 0. The highest BCUT2D eigenvalue weighted by atomic mass is 31.2. The molecule has 0 aliphatic heterocycles. The number of aliphatic hydroxyl groups is 2. The van der Waals surface area contributed by atoms with E-state index in [2.05, 4.69) is 79.1 Å². The number of ether oxygens (including phenoxy) is 2. The van der Waals surface area contributed by atoms with Gasteiger partial charge in [-0.3, -0.25) is 18.6 Å². The van der Waals surface area contributed by atoms with Crippen LogP contribution in [0.3, 0.4) is 0 Å². The first-order valence-corrected chi connectivity index (χ1v) is 21.4. The number of unbranched alkanes of at least 4 members (excludes halogenated alkanes) is 10. The zero-order chi connectivity index (χ0) is 39.1. The molecule has 0 heterocycles. The first-order chi connectivity index (χ1) is 25.7. The summed E-state index contributed by atoms with van der Waals surface area (Å²) in [5, 5.41) is 18.3. The van der Waals surface area contributed by atoms with Crippen LogP contribution < -0.4 is 0 Å². The Bertz CT molecular complexity index is 1110. The van der Waals surface area contributed by atoms with Gasteiger partial charge < -0.3 is 24.6 Å². The third kappa shape index (κ3) is 37.5. The van der Waals surface area contributed by atoms with Gasteiger partial charge in [0.1, 0.15) is 12.7 Å². The van der Waals surface area contributed by atoms with Gasteiger partial charge >= 0.3 is 19.8 Å². The summed E-state index contributed by atoms with van der Waals surface area (Å²) in [6.45, 7) is 2.14.